The van der Waals surface area contributed by atoms with Crippen LogP contribution in [0.2, 0.25) is 0 Å². The number of anilines is 1. The second-order valence-corrected chi connectivity index (χ2v) is 4.51. The molecule has 1 rings (SSSR count). The van der Waals surface area contributed by atoms with Crippen LogP contribution in [-0.2, 0) is 16.0 Å². The topological polar surface area (TPSA) is 98.2 Å². The number of carbonyl (C=O) groups is 2. The Balaban J connectivity index is 2.80. The first-order chi connectivity index (χ1) is 9.08. The van der Waals surface area contributed by atoms with Gasteiger partial charge in [-0.25, -0.2) is 0 Å². The van der Waals surface area contributed by atoms with Gasteiger partial charge in [0.05, 0.1) is 12.3 Å². The van der Waals surface area contributed by atoms with E-state index < -0.39 is 5.91 Å². The zero-order valence-electron chi connectivity index (χ0n) is 11.2. The van der Waals surface area contributed by atoms with Gasteiger partial charge in [0.1, 0.15) is 0 Å². The van der Waals surface area contributed by atoms with Gasteiger partial charge in [-0.05, 0) is 18.1 Å². The Bertz CT molecular complexity index is 446. The highest BCUT2D eigenvalue weighted by atomic mass is 16.2. The van der Waals surface area contributed by atoms with E-state index in [0.29, 0.717) is 12.2 Å². The number of rotatable bonds is 7. The number of para-hydroxylation sites is 1. The number of benzene rings is 1. The zero-order valence-corrected chi connectivity index (χ0v) is 11.2. The second-order valence-electron chi connectivity index (χ2n) is 4.51. The molecule has 0 aromatic heterocycles. The lowest BCUT2D eigenvalue weighted by Gasteiger charge is -2.15. The predicted molar refractivity (Wildman–Crippen MR) is 75.4 cm³/mol. The third-order valence-electron chi connectivity index (χ3n) is 2.93. The molecule has 2 amide bonds. The number of hydrogen-bond acceptors (Lipinski definition) is 3. The summed E-state index contributed by atoms with van der Waals surface area (Å²) >= 11 is 0. The van der Waals surface area contributed by atoms with E-state index in [1.165, 1.54) is 0 Å². The van der Waals surface area contributed by atoms with Crippen LogP contribution in [-0.4, -0.2) is 18.4 Å². The van der Waals surface area contributed by atoms with Crippen molar-refractivity contribution in [2.75, 3.05) is 11.9 Å². The van der Waals surface area contributed by atoms with Gasteiger partial charge >= 0.3 is 0 Å². The van der Waals surface area contributed by atoms with Crippen LogP contribution in [0.4, 0.5) is 5.69 Å². The maximum Gasteiger partial charge on any atom is 0.228 e. The van der Waals surface area contributed by atoms with Gasteiger partial charge in [0.2, 0.25) is 11.8 Å². The fourth-order valence-corrected chi connectivity index (χ4v) is 1.92. The molecule has 19 heavy (non-hydrogen) atoms. The van der Waals surface area contributed by atoms with E-state index in [1.807, 2.05) is 6.92 Å². The molecule has 5 nitrogen and oxygen atoms in total. The average molecular weight is 263 g/mol. The molecule has 0 radical (unpaired) electrons. The molecule has 0 heterocycles. The highest BCUT2D eigenvalue weighted by Gasteiger charge is 2.17. The first-order valence-corrected chi connectivity index (χ1v) is 6.45. The third-order valence-corrected chi connectivity index (χ3v) is 2.93. The quantitative estimate of drug-likeness (QED) is 0.685. The van der Waals surface area contributed by atoms with Crippen LogP contribution < -0.4 is 16.8 Å². The van der Waals surface area contributed by atoms with E-state index in [-0.39, 0.29) is 18.2 Å². The summed E-state index contributed by atoms with van der Waals surface area (Å²) in [7, 11) is 0. The van der Waals surface area contributed by atoms with Crippen molar-refractivity contribution in [1.29, 1.82) is 0 Å². The zero-order chi connectivity index (χ0) is 14.3. The highest BCUT2D eigenvalue weighted by Crippen LogP contribution is 2.17. The Morgan fingerprint density at radius 1 is 1.32 bits per heavy atom. The van der Waals surface area contributed by atoms with Crippen molar-refractivity contribution in [1.82, 2.24) is 0 Å². The van der Waals surface area contributed by atoms with Crippen molar-refractivity contribution in [2.24, 2.45) is 17.4 Å². The predicted octanol–water partition coefficient (Wildman–Crippen LogP) is 1.03. The number of amides is 2. The first-order valence-electron chi connectivity index (χ1n) is 6.45. The SMILES string of the molecule is CCCC(CN)C(=O)Nc1ccccc1CC(N)=O. The molecule has 5 heteroatoms. The maximum absolute atomic E-state index is 12.1. The Morgan fingerprint density at radius 2 is 2.00 bits per heavy atom. The number of nitrogens with one attached hydrogen (secondary N) is 1. The highest BCUT2D eigenvalue weighted by molar-refractivity contribution is 5.94. The normalized spacial score (nSPS) is 11.9. The molecular weight excluding hydrogens is 242 g/mol. The van der Waals surface area contributed by atoms with Gasteiger partial charge in [-0.2, -0.15) is 0 Å². The van der Waals surface area contributed by atoms with Crippen molar-refractivity contribution < 1.29 is 9.59 Å². The summed E-state index contributed by atoms with van der Waals surface area (Å²) in [6.45, 7) is 2.33. The number of carbonyl (C=O) groups excluding carboxylic acids is 2. The molecule has 0 saturated heterocycles. The van der Waals surface area contributed by atoms with E-state index in [2.05, 4.69) is 5.32 Å². The summed E-state index contributed by atoms with van der Waals surface area (Å²) in [6, 6.07) is 7.14. The molecule has 0 aliphatic heterocycles. The molecule has 1 unspecified atom stereocenters. The second kappa shape index (κ2) is 7.53. The van der Waals surface area contributed by atoms with Crippen LogP contribution in [0, 0.1) is 5.92 Å². The minimum absolute atomic E-state index is 0.109. The molecule has 0 spiro atoms. The van der Waals surface area contributed by atoms with Crippen LogP contribution in [0.15, 0.2) is 24.3 Å². The van der Waals surface area contributed by atoms with Gasteiger partial charge < -0.3 is 16.8 Å². The molecule has 0 fully saturated rings. The van der Waals surface area contributed by atoms with E-state index in [0.717, 1.165) is 18.4 Å². The Morgan fingerprint density at radius 3 is 2.58 bits per heavy atom. The Labute approximate surface area is 113 Å². The Hall–Kier alpha value is -1.88. The van der Waals surface area contributed by atoms with Crippen molar-refractivity contribution in [3.05, 3.63) is 29.8 Å². The number of hydrogen-bond donors (Lipinski definition) is 3. The van der Waals surface area contributed by atoms with Crippen LogP contribution in [0.1, 0.15) is 25.3 Å². The molecule has 0 aliphatic carbocycles. The van der Waals surface area contributed by atoms with Gasteiger partial charge in [0.25, 0.3) is 0 Å². The van der Waals surface area contributed by atoms with E-state index in [4.69, 9.17) is 11.5 Å². The van der Waals surface area contributed by atoms with Gasteiger partial charge in [-0.3, -0.25) is 9.59 Å². The average Bonchev–Trinajstić information content (AvgIpc) is 2.37. The van der Waals surface area contributed by atoms with Gasteiger partial charge in [0.15, 0.2) is 0 Å². The van der Waals surface area contributed by atoms with E-state index in [9.17, 15) is 9.59 Å². The van der Waals surface area contributed by atoms with Crippen molar-refractivity contribution in [3.63, 3.8) is 0 Å². The molecular formula is C14H21N3O2. The Kier molecular flexibility index (Phi) is 6.02. The lowest BCUT2D eigenvalue weighted by atomic mass is 10.0. The largest absolute Gasteiger partial charge is 0.369 e. The van der Waals surface area contributed by atoms with Crippen molar-refractivity contribution in [2.45, 2.75) is 26.2 Å². The minimum atomic E-state index is -0.425. The van der Waals surface area contributed by atoms with E-state index >= 15 is 0 Å². The van der Waals surface area contributed by atoms with Crippen LogP contribution in [0.3, 0.4) is 0 Å². The molecule has 5 N–H and O–H groups in total. The summed E-state index contributed by atoms with van der Waals surface area (Å²) in [5.41, 5.74) is 12.1. The first kappa shape index (κ1) is 15.2. The standard InChI is InChI=1S/C14H21N3O2/c1-2-5-11(9-15)14(19)17-12-7-4-3-6-10(12)8-13(16)18/h3-4,6-7,11H,2,5,8-9,15H2,1H3,(H2,16,18)(H,17,19). The summed E-state index contributed by atoms with van der Waals surface area (Å²) in [4.78, 5) is 23.1. The maximum atomic E-state index is 12.1. The summed E-state index contributed by atoms with van der Waals surface area (Å²) < 4.78 is 0. The summed E-state index contributed by atoms with van der Waals surface area (Å²) in [6.07, 6.45) is 1.76. The fourth-order valence-electron chi connectivity index (χ4n) is 1.92. The molecule has 0 aliphatic rings. The molecule has 1 aromatic rings. The number of primary amides is 1. The molecule has 1 atom stereocenters. The number of nitrogens with two attached hydrogens (primary N) is 2. The summed E-state index contributed by atoms with van der Waals surface area (Å²) in [5, 5.41) is 2.82. The minimum Gasteiger partial charge on any atom is -0.369 e. The molecule has 1 aromatic carbocycles. The fraction of sp³-hybridized carbons (Fsp3) is 0.429. The smallest absolute Gasteiger partial charge is 0.228 e. The summed E-state index contributed by atoms with van der Waals surface area (Å²) in [5.74, 6) is -0.737. The van der Waals surface area contributed by atoms with E-state index in [1.54, 1.807) is 24.3 Å². The molecule has 0 bridgehead atoms. The van der Waals surface area contributed by atoms with Gasteiger partial charge in [-0.1, -0.05) is 31.5 Å². The van der Waals surface area contributed by atoms with Crippen molar-refractivity contribution in [3.8, 4) is 0 Å². The van der Waals surface area contributed by atoms with Gasteiger partial charge in [-0.15, -0.1) is 0 Å². The monoisotopic (exact) mass is 263 g/mol. The van der Waals surface area contributed by atoms with Gasteiger partial charge in [0, 0.05) is 12.2 Å². The third kappa shape index (κ3) is 4.71. The van der Waals surface area contributed by atoms with Crippen LogP contribution >= 0.6 is 0 Å². The lowest BCUT2D eigenvalue weighted by molar-refractivity contribution is -0.120. The van der Waals surface area contributed by atoms with Crippen LogP contribution in [0.5, 0.6) is 0 Å². The molecule has 0 saturated carbocycles. The van der Waals surface area contributed by atoms with Crippen LogP contribution in [0.25, 0.3) is 0 Å². The lowest BCUT2D eigenvalue weighted by Crippen LogP contribution is -2.29. The van der Waals surface area contributed by atoms with Crippen molar-refractivity contribution >= 4 is 17.5 Å². The molecule has 104 valence electrons.